The molecule has 5 aliphatic carbocycles. The van der Waals surface area contributed by atoms with Crippen LogP contribution in [0, 0.1) is 40.4 Å². The number of methoxy groups -OCH3 is 1. The van der Waals surface area contributed by atoms with Crippen molar-refractivity contribution in [2.45, 2.75) is 186 Å². The van der Waals surface area contributed by atoms with Crippen molar-refractivity contribution in [1.29, 1.82) is 0 Å². The molecule has 3 aromatic rings. The van der Waals surface area contributed by atoms with Crippen LogP contribution >= 0.6 is 0 Å². The van der Waals surface area contributed by atoms with Crippen LogP contribution in [0.1, 0.15) is 152 Å². The topological polar surface area (TPSA) is 273 Å². The smallest absolute Gasteiger partial charge is 0.407 e. The van der Waals surface area contributed by atoms with Crippen molar-refractivity contribution in [3.63, 3.8) is 0 Å². The van der Waals surface area contributed by atoms with Gasteiger partial charge in [0.1, 0.15) is 54.8 Å². The van der Waals surface area contributed by atoms with Crippen molar-refractivity contribution in [1.82, 2.24) is 10.6 Å². The van der Waals surface area contributed by atoms with Crippen LogP contribution in [0.15, 0.2) is 84.4 Å². The SMILES string of the molecule is COc1ccc(C(=O)OCC(OCC(O)CO)OC2C(O)COC(OC3C[C@H]4C5CC=C6CC(OC(=O)NCCCCCCNC(=O)OCC7c8ccccc8-c8ccccc87)CCC6(C)C5CCC4(C)[C@@]3(O)[C@H](C)C(=O)CCC(C)C)C2OC(C)=O)cc1. The van der Waals surface area contributed by atoms with Crippen LogP contribution in [0.3, 0.4) is 0 Å². The van der Waals surface area contributed by atoms with Crippen molar-refractivity contribution < 1.29 is 87.0 Å². The van der Waals surface area contributed by atoms with Gasteiger partial charge in [-0.2, -0.15) is 0 Å². The zero-order chi connectivity index (χ0) is 63.6. The number of esters is 2. The second kappa shape index (κ2) is 30.0. The van der Waals surface area contributed by atoms with E-state index in [2.05, 4.69) is 54.8 Å². The molecule has 0 spiro atoms. The van der Waals surface area contributed by atoms with Gasteiger partial charge in [0.25, 0.3) is 0 Å². The first-order chi connectivity index (χ1) is 42.7. The maximum Gasteiger partial charge on any atom is 0.407 e. The number of alkyl carbamates (subject to hydrolysis) is 2. The fourth-order valence-electron chi connectivity index (χ4n) is 15.5. The Hall–Kier alpha value is -5.97. The molecule has 0 bridgehead atoms. The highest BCUT2D eigenvalue weighted by Crippen LogP contribution is 2.69. The molecule has 1 heterocycles. The molecule has 20 nitrogen and oxygen atoms in total. The van der Waals surface area contributed by atoms with Gasteiger partial charge in [-0.05, 0) is 133 Å². The van der Waals surface area contributed by atoms with Crippen molar-refractivity contribution >= 4 is 29.9 Å². The number of carbonyl (C=O) groups is 5. The Labute approximate surface area is 523 Å². The number of aliphatic hydroxyl groups excluding tert-OH is 3. The number of nitrogens with one attached hydrogen (secondary N) is 2. The molecule has 3 aromatic carbocycles. The molecule has 0 radical (unpaired) electrons. The standard InChI is InChI=1S/C69H94N2O18/c1-41(2)20-27-57(75)42(3)69(80)59(88-64-62(86-43(4)73)61(58(76)39-84-64)89-60(82-37-46(74)36-72)40-83-63(77)44-21-24-47(81-7)25-22-44)35-56-53-26-23-45-34-48(28-30-67(45,5)55(53)29-31-68(56,69)6)87-66(79)71-33-15-9-8-14-32-70-65(78)85-38-54-51-18-12-10-16-49(51)50-17-11-13-19-52(50)54/h10-13,16-19,21-25,41-42,46,48,53-56,58-62,64,72,74,76,80H,8-9,14-15,20,26-40H2,1-7H3,(H,70,78)(H,71,79)/t42-,46?,48?,53?,55?,56+,58?,59?,60?,61?,62?,64?,67?,68?,69-/m1/s1. The molecule has 1 saturated heterocycles. The molecule has 1 aliphatic heterocycles. The Balaban J connectivity index is 0.803. The third-order valence-electron chi connectivity index (χ3n) is 20.4. The van der Waals surface area contributed by atoms with Crippen LogP contribution in [0.5, 0.6) is 5.75 Å². The van der Waals surface area contributed by atoms with E-state index in [-0.39, 0.29) is 72.1 Å². The Morgan fingerprint density at radius 2 is 1.47 bits per heavy atom. The number of benzene rings is 3. The van der Waals surface area contributed by atoms with Gasteiger partial charge in [-0.1, -0.05) is 108 Å². The number of rotatable bonds is 28. The molecule has 20 heteroatoms. The molecule has 6 aliphatic rings. The number of Topliss-reactive ketones (excluding diaryl/α,β-unsaturated/α-hetero) is 1. The molecule has 89 heavy (non-hydrogen) atoms. The lowest BCUT2D eigenvalue weighted by Crippen LogP contribution is -2.63. The van der Waals surface area contributed by atoms with E-state index in [1.807, 2.05) is 38.1 Å². The summed E-state index contributed by atoms with van der Waals surface area (Å²) in [5.41, 5.74) is 3.39. The number of ether oxygens (including phenoxy) is 9. The number of hydrogen-bond donors (Lipinski definition) is 6. The zero-order valence-corrected chi connectivity index (χ0v) is 52.7. The van der Waals surface area contributed by atoms with Gasteiger partial charge in [0.2, 0.25) is 0 Å². The van der Waals surface area contributed by atoms with Crippen molar-refractivity contribution in [2.75, 3.05) is 53.2 Å². The third-order valence-corrected chi connectivity index (χ3v) is 20.4. The summed E-state index contributed by atoms with van der Waals surface area (Å²) in [4.78, 5) is 66.5. The van der Waals surface area contributed by atoms with Crippen LogP contribution in [0.25, 0.3) is 11.1 Å². The highest BCUT2D eigenvalue weighted by atomic mass is 16.7. The van der Waals surface area contributed by atoms with Crippen molar-refractivity contribution in [2.24, 2.45) is 40.4 Å². The number of hydrogen-bond acceptors (Lipinski definition) is 18. The summed E-state index contributed by atoms with van der Waals surface area (Å²) < 4.78 is 53.6. The van der Waals surface area contributed by atoms with Gasteiger partial charge in [-0.25, -0.2) is 14.4 Å². The van der Waals surface area contributed by atoms with Crippen molar-refractivity contribution in [3.8, 4) is 16.9 Å². The fraction of sp³-hybridized carbons (Fsp3) is 0.638. The zero-order valence-electron chi connectivity index (χ0n) is 52.7. The Bertz CT molecular complexity index is 2890. The van der Waals surface area contributed by atoms with Crippen LogP contribution < -0.4 is 15.4 Å². The number of amides is 2. The van der Waals surface area contributed by atoms with Gasteiger partial charge in [-0.15, -0.1) is 0 Å². The Kier molecular flexibility index (Phi) is 22.7. The molecule has 2 amide bonds. The summed E-state index contributed by atoms with van der Waals surface area (Å²) in [5, 5.41) is 50.9. The molecule has 9 rings (SSSR count). The Morgan fingerprint density at radius 3 is 2.12 bits per heavy atom. The highest BCUT2D eigenvalue weighted by molar-refractivity contribution is 5.89. The number of ketones is 1. The average Bonchev–Trinajstić information content (AvgIpc) is 1.60. The summed E-state index contributed by atoms with van der Waals surface area (Å²) in [6, 6.07) is 22.7. The van der Waals surface area contributed by atoms with Crippen LogP contribution in [-0.4, -0.2) is 158 Å². The summed E-state index contributed by atoms with van der Waals surface area (Å²) in [5.74, 6) is -1.54. The lowest BCUT2D eigenvalue weighted by molar-refractivity contribution is -0.329. The first kappa shape index (κ1) is 67.4. The van der Waals surface area contributed by atoms with Gasteiger partial charge in [0, 0.05) is 50.1 Å². The van der Waals surface area contributed by atoms with Gasteiger partial charge in [0.05, 0.1) is 38.6 Å². The number of aliphatic hydroxyl groups is 4. The normalized spacial score (nSPS) is 29.6. The average molecular weight is 1240 g/mol. The third kappa shape index (κ3) is 15.2. The van der Waals surface area contributed by atoms with Crippen molar-refractivity contribution in [3.05, 3.63) is 101 Å². The molecule has 3 saturated carbocycles. The predicted octanol–water partition coefficient (Wildman–Crippen LogP) is 9.11. The van der Waals surface area contributed by atoms with Crippen LogP contribution in [0.2, 0.25) is 0 Å². The number of unbranched alkanes of at least 4 members (excludes halogenated alkanes) is 3. The fourth-order valence-corrected chi connectivity index (χ4v) is 15.5. The maximum absolute atomic E-state index is 14.4. The van der Waals surface area contributed by atoms with E-state index < -0.39 is 104 Å². The predicted molar refractivity (Wildman–Crippen MR) is 327 cm³/mol. The molecular weight excluding hydrogens is 1140 g/mol. The lowest BCUT2D eigenvalue weighted by atomic mass is 9.46. The molecule has 488 valence electrons. The summed E-state index contributed by atoms with van der Waals surface area (Å²) in [7, 11) is 1.49. The summed E-state index contributed by atoms with van der Waals surface area (Å²) in [6.45, 7) is 10.7. The number of fused-ring (bicyclic) bond motifs is 8. The first-order valence-corrected chi connectivity index (χ1v) is 32.2. The minimum atomic E-state index is -1.73. The maximum atomic E-state index is 14.4. The van der Waals surface area contributed by atoms with E-state index in [9.17, 15) is 44.4 Å². The van der Waals surface area contributed by atoms with E-state index in [1.165, 1.54) is 54.0 Å². The second-order valence-corrected chi connectivity index (χ2v) is 26.3. The quantitative estimate of drug-likeness (QED) is 0.0130. The molecule has 0 aromatic heterocycles. The van der Waals surface area contributed by atoms with E-state index in [4.69, 9.17) is 42.6 Å². The van der Waals surface area contributed by atoms with Crippen LogP contribution in [-0.2, 0) is 47.5 Å². The minimum absolute atomic E-state index is 0.00243. The lowest BCUT2D eigenvalue weighted by Gasteiger charge is -2.59. The molecule has 6 N–H and O–H groups in total. The molecule has 4 fully saturated rings. The minimum Gasteiger partial charge on any atom is -0.497 e. The molecule has 12 unspecified atom stereocenters. The van der Waals surface area contributed by atoms with E-state index in [0.717, 1.165) is 38.5 Å². The van der Waals surface area contributed by atoms with E-state index >= 15 is 0 Å². The largest absolute Gasteiger partial charge is 0.497 e. The first-order valence-electron chi connectivity index (χ1n) is 32.2. The van der Waals surface area contributed by atoms with Gasteiger partial charge >= 0.3 is 24.1 Å². The van der Waals surface area contributed by atoms with Crippen LogP contribution in [0.4, 0.5) is 9.59 Å². The van der Waals surface area contributed by atoms with Gasteiger partial charge in [0.15, 0.2) is 18.7 Å². The number of allylic oxidation sites excluding steroid dienone is 1. The summed E-state index contributed by atoms with van der Waals surface area (Å²) >= 11 is 0. The number of carbonyl (C=O) groups excluding carboxylic acids is 5. The van der Waals surface area contributed by atoms with Gasteiger partial charge < -0.3 is 73.7 Å². The summed E-state index contributed by atoms with van der Waals surface area (Å²) in [6.07, 6.45) is 0.224. The van der Waals surface area contributed by atoms with E-state index in [0.29, 0.717) is 57.4 Å². The second-order valence-electron chi connectivity index (χ2n) is 26.3. The monoisotopic (exact) mass is 1240 g/mol. The highest BCUT2D eigenvalue weighted by Gasteiger charge is 2.70. The Morgan fingerprint density at radius 1 is 0.798 bits per heavy atom. The van der Waals surface area contributed by atoms with E-state index in [1.54, 1.807) is 19.1 Å². The van der Waals surface area contributed by atoms with Gasteiger partial charge in [-0.3, -0.25) is 9.59 Å². The molecular formula is C69H94N2O18. The molecule has 15 atom stereocenters.